The van der Waals surface area contributed by atoms with E-state index < -0.39 is 0 Å². The number of aryl methyl sites for hydroxylation is 1. The number of nitrogens with one attached hydrogen (secondary N) is 1. The van der Waals surface area contributed by atoms with Gasteiger partial charge in [-0.05, 0) is 49.2 Å². The van der Waals surface area contributed by atoms with E-state index in [4.69, 9.17) is 4.74 Å². The SMILES string of the molecule is CCCNC(Cc1ccccn1)c1ccc(OC)c(C)c1. The van der Waals surface area contributed by atoms with E-state index in [1.807, 2.05) is 24.4 Å². The molecule has 0 saturated heterocycles. The molecule has 0 fully saturated rings. The van der Waals surface area contributed by atoms with Gasteiger partial charge in [-0.3, -0.25) is 4.98 Å². The molecule has 1 N–H and O–H groups in total. The van der Waals surface area contributed by atoms with Gasteiger partial charge >= 0.3 is 0 Å². The number of hydrogen-bond donors (Lipinski definition) is 1. The number of rotatable bonds is 7. The van der Waals surface area contributed by atoms with Crippen molar-refractivity contribution in [1.29, 1.82) is 0 Å². The zero-order valence-corrected chi connectivity index (χ0v) is 13.1. The van der Waals surface area contributed by atoms with Crippen molar-refractivity contribution < 1.29 is 4.74 Å². The predicted octanol–water partition coefficient (Wildman–Crippen LogP) is 3.68. The van der Waals surface area contributed by atoms with E-state index in [1.54, 1.807) is 7.11 Å². The van der Waals surface area contributed by atoms with Crippen molar-refractivity contribution in [3.05, 3.63) is 59.4 Å². The summed E-state index contributed by atoms with van der Waals surface area (Å²) in [6.45, 7) is 5.27. The Morgan fingerprint density at radius 1 is 1.24 bits per heavy atom. The summed E-state index contributed by atoms with van der Waals surface area (Å²) in [6.07, 6.45) is 3.87. The molecule has 0 bridgehead atoms. The van der Waals surface area contributed by atoms with Gasteiger partial charge in [0.15, 0.2) is 0 Å². The molecule has 1 aromatic heterocycles. The minimum Gasteiger partial charge on any atom is -0.496 e. The van der Waals surface area contributed by atoms with E-state index in [0.29, 0.717) is 0 Å². The van der Waals surface area contributed by atoms with E-state index in [9.17, 15) is 0 Å². The van der Waals surface area contributed by atoms with Gasteiger partial charge in [-0.2, -0.15) is 0 Å². The summed E-state index contributed by atoms with van der Waals surface area (Å²) in [5.41, 5.74) is 3.56. The molecule has 0 aliphatic carbocycles. The van der Waals surface area contributed by atoms with Crippen molar-refractivity contribution in [1.82, 2.24) is 10.3 Å². The van der Waals surface area contributed by atoms with Crippen LogP contribution in [0.5, 0.6) is 5.75 Å². The van der Waals surface area contributed by atoms with Gasteiger partial charge in [-0.25, -0.2) is 0 Å². The van der Waals surface area contributed by atoms with Gasteiger partial charge < -0.3 is 10.1 Å². The second kappa shape index (κ2) is 7.79. The summed E-state index contributed by atoms with van der Waals surface area (Å²) < 4.78 is 5.35. The van der Waals surface area contributed by atoms with Crippen LogP contribution in [0.3, 0.4) is 0 Å². The maximum Gasteiger partial charge on any atom is 0.121 e. The fourth-order valence-corrected chi connectivity index (χ4v) is 2.47. The fraction of sp³-hybridized carbons (Fsp3) is 0.389. The van der Waals surface area contributed by atoms with Crippen molar-refractivity contribution in [3.8, 4) is 5.75 Å². The number of methoxy groups -OCH3 is 1. The maximum atomic E-state index is 5.35. The Hall–Kier alpha value is -1.87. The van der Waals surface area contributed by atoms with Crippen LogP contribution in [-0.2, 0) is 6.42 Å². The largest absolute Gasteiger partial charge is 0.496 e. The standard InChI is InChI=1S/C18H24N2O/c1-4-10-20-17(13-16-7-5-6-11-19-16)15-8-9-18(21-3)14(2)12-15/h5-9,11-12,17,20H,4,10,13H2,1-3H3. The van der Waals surface area contributed by atoms with Gasteiger partial charge in [0, 0.05) is 24.4 Å². The summed E-state index contributed by atoms with van der Waals surface area (Å²) in [6, 6.07) is 12.7. The van der Waals surface area contributed by atoms with Crippen molar-refractivity contribution in [2.75, 3.05) is 13.7 Å². The lowest BCUT2D eigenvalue weighted by atomic mass is 9.99. The van der Waals surface area contributed by atoms with Crippen LogP contribution in [0.15, 0.2) is 42.6 Å². The van der Waals surface area contributed by atoms with Crippen LogP contribution < -0.4 is 10.1 Å². The monoisotopic (exact) mass is 284 g/mol. The van der Waals surface area contributed by atoms with E-state index in [2.05, 4.69) is 42.3 Å². The lowest BCUT2D eigenvalue weighted by Crippen LogP contribution is -2.24. The number of hydrogen-bond acceptors (Lipinski definition) is 3. The van der Waals surface area contributed by atoms with Gasteiger partial charge in [-0.1, -0.05) is 25.1 Å². The topological polar surface area (TPSA) is 34.2 Å². The zero-order valence-electron chi connectivity index (χ0n) is 13.1. The third-order valence-corrected chi connectivity index (χ3v) is 3.60. The second-order valence-corrected chi connectivity index (χ2v) is 5.26. The molecular formula is C18H24N2O. The Balaban J connectivity index is 2.20. The molecule has 0 spiro atoms. The van der Waals surface area contributed by atoms with Gasteiger partial charge in [0.1, 0.15) is 5.75 Å². The first-order chi connectivity index (χ1) is 10.2. The molecule has 0 saturated carbocycles. The molecule has 1 aromatic carbocycles. The fourth-order valence-electron chi connectivity index (χ4n) is 2.47. The Morgan fingerprint density at radius 3 is 2.71 bits per heavy atom. The van der Waals surface area contributed by atoms with Crippen LogP contribution in [0.4, 0.5) is 0 Å². The normalized spacial score (nSPS) is 12.1. The maximum absolute atomic E-state index is 5.35. The van der Waals surface area contributed by atoms with Crippen molar-refractivity contribution in [2.45, 2.75) is 32.7 Å². The molecule has 0 radical (unpaired) electrons. The quantitative estimate of drug-likeness (QED) is 0.842. The minimum absolute atomic E-state index is 0.282. The number of pyridine rings is 1. The molecule has 1 unspecified atom stereocenters. The van der Waals surface area contributed by atoms with Gasteiger partial charge in [0.05, 0.1) is 7.11 Å². The van der Waals surface area contributed by atoms with E-state index in [1.165, 1.54) is 11.1 Å². The first-order valence-corrected chi connectivity index (χ1v) is 7.52. The lowest BCUT2D eigenvalue weighted by molar-refractivity contribution is 0.411. The van der Waals surface area contributed by atoms with E-state index in [0.717, 1.165) is 30.8 Å². The Morgan fingerprint density at radius 2 is 2.10 bits per heavy atom. The van der Waals surface area contributed by atoms with Crippen molar-refractivity contribution in [2.24, 2.45) is 0 Å². The number of nitrogens with zero attached hydrogens (tertiary/aromatic N) is 1. The molecule has 0 aliphatic heterocycles. The molecule has 21 heavy (non-hydrogen) atoms. The van der Waals surface area contributed by atoms with E-state index >= 15 is 0 Å². The highest BCUT2D eigenvalue weighted by Crippen LogP contribution is 2.24. The third kappa shape index (κ3) is 4.30. The minimum atomic E-state index is 0.282. The number of ether oxygens (including phenoxy) is 1. The number of benzene rings is 1. The Labute approximate surface area is 127 Å². The van der Waals surface area contributed by atoms with Crippen LogP contribution in [0.25, 0.3) is 0 Å². The zero-order chi connectivity index (χ0) is 15.1. The van der Waals surface area contributed by atoms with Crippen LogP contribution in [-0.4, -0.2) is 18.6 Å². The molecule has 2 rings (SSSR count). The van der Waals surface area contributed by atoms with Crippen LogP contribution in [0.1, 0.15) is 36.2 Å². The molecule has 3 nitrogen and oxygen atoms in total. The average Bonchev–Trinajstić information content (AvgIpc) is 2.52. The van der Waals surface area contributed by atoms with Crippen LogP contribution in [0, 0.1) is 6.92 Å². The summed E-state index contributed by atoms with van der Waals surface area (Å²) in [4.78, 5) is 4.44. The van der Waals surface area contributed by atoms with Crippen molar-refractivity contribution >= 4 is 0 Å². The molecule has 3 heteroatoms. The molecule has 112 valence electrons. The van der Waals surface area contributed by atoms with Gasteiger partial charge in [0.25, 0.3) is 0 Å². The molecule has 1 atom stereocenters. The molecular weight excluding hydrogens is 260 g/mol. The van der Waals surface area contributed by atoms with Crippen LogP contribution in [0.2, 0.25) is 0 Å². The first-order valence-electron chi connectivity index (χ1n) is 7.52. The van der Waals surface area contributed by atoms with Gasteiger partial charge in [-0.15, -0.1) is 0 Å². The highest BCUT2D eigenvalue weighted by molar-refractivity contribution is 5.37. The lowest BCUT2D eigenvalue weighted by Gasteiger charge is -2.20. The second-order valence-electron chi connectivity index (χ2n) is 5.26. The average molecular weight is 284 g/mol. The smallest absolute Gasteiger partial charge is 0.121 e. The summed E-state index contributed by atoms with van der Waals surface area (Å²) in [7, 11) is 1.71. The molecule has 0 aliphatic rings. The van der Waals surface area contributed by atoms with E-state index in [-0.39, 0.29) is 6.04 Å². The van der Waals surface area contributed by atoms with Crippen molar-refractivity contribution in [3.63, 3.8) is 0 Å². The molecule has 0 amide bonds. The Bertz CT molecular complexity index is 554. The van der Waals surface area contributed by atoms with Gasteiger partial charge in [0.2, 0.25) is 0 Å². The first kappa shape index (κ1) is 15.5. The van der Waals surface area contributed by atoms with Crippen LogP contribution >= 0.6 is 0 Å². The summed E-state index contributed by atoms with van der Waals surface area (Å²) in [5.74, 6) is 0.936. The summed E-state index contributed by atoms with van der Waals surface area (Å²) in [5, 5.41) is 3.62. The highest BCUT2D eigenvalue weighted by Gasteiger charge is 2.13. The summed E-state index contributed by atoms with van der Waals surface area (Å²) >= 11 is 0. The number of aromatic nitrogens is 1. The highest BCUT2D eigenvalue weighted by atomic mass is 16.5. The predicted molar refractivity (Wildman–Crippen MR) is 86.7 cm³/mol. The Kier molecular flexibility index (Phi) is 5.76. The third-order valence-electron chi connectivity index (χ3n) is 3.60. The molecule has 2 aromatic rings. The molecule has 1 heterocycles.